The molecule has 0 aromatic rings. The van der Waals surface area contributed by atoms with Gasteiger partial charge in [-0.1, -0.05) is 54.6 Å². The lowest BCUT2D eigenvalue weighted by atomic mass is 9.81. The summed E-state index contributed by atoms with van der Waals surface area (Å²) < 4.78 is 72.1. The highest BCUT2D eigenvalue weighted by Gasteiger charge is 2.47. The first-order valence-corrected chi connectivity index (χ1v) is 14.3. The zero-order chi connectivity index (χ0) is 27.8. The fraction of sp³-hybridized carbons (Fsp3) is 0.593. The van der Waals surface area contributed by atoms with E-state index in [9.17, 15) is 26.4 Å². The highest BCUT2D eigenvalue weighted by atomic mass is 35.5. The predicted octanol–water partition coefficient (Wildman–Crippen LogP) is 7.19. The SMILES string of the molecule is C=C/C=C(\CCCC(=C)CC/C=C(\C)S(=O)(=O)N1CC(CCC(=O)OC)C2CC(Cl)=CCC21)C(F)(F)F. The molecular formula is C27H37ClF3NO4S. The van der Waals surface area contributed by atoms with Crippen molar-refractivity contribution in [1.82, 2.24) is 4.31 Å². The van der Waals surface area contributed by atoms with Crippen molar-refractivity contribution in [2.24, 2.45) is 11.8 Å². The number of hydrogen-bond acceptors (Lipinski definition) is 4. The largest absolute Gasteiger partial charge is 0.469 e. The summed E-state index contributed by atoms with van der Waals surface area (Å²) in [6.45, 7) is 9.16. The molecule has 1 saturated heterocycles. The Balaban J connectivity index is 1.97. The van der Waals surface area contributed by atoms with Gasteiger partial charge in [0.15, 0.2) is 0 Å². The summed E-state index contributed by atoms with van der Waals surface area (Å²) in [5.41, 5.74) is 0.155. The number of fused-ring (bicyclic) bond motifs is 1. The average Bonchev–Trinajstić information content (AvgIpc) is 3.19. The lowest BCUT2D eigenvalue weighted by Gasteiger charge is -2.30. The van der Waals surface area contributed by atoms with Gasteiger partial charge >= 0.3 is 12.1 Å². The lowest BCUT2D eigenvalue weighted by Crippen LogP contribution is -2.38. The predicted molar refractivity (Wildman–Crippen MR) is 141 cm³/mol. The van der Waals surface area contributed by atoms with Gasteiger partial charge in [-0.2, -0.15) is 17.5 Å². The number of allylic oxidation sites excluding steroid dienone is 7. The summed E-state index contributed by atoms with van der Waals surface area (Å²) in [7, 11) is -2.39. The van der Waals surface area contributed by atoms with Gasteiger partial charge in [-0.3, -0.25) is 4.79 Å². The summed E-state index contributed by atoms with van der Waals surface area (Å²) in [5.74, 6) is -0.273. The minimum atomic E-state index is -4.38. The van der Waals surface area contributed by atoms with Crippen LogP contribution in [0.4, 0.5) is 13.2 Å². The molecular weight excluding hydrogens is 527 g/mol. The van der Waals surface area contributed by atoms with Crippen LogP contribution in [0.2, 0.25) is 0 Å². The molecule has 0 radical (unpaired) electrons. The summed E-state index contributed by atoms with van der Waals surface area (Å²) >= 11 is 6.27. The van der Waals surface area contributed by atoms with Crippen LogP contribution >= 0.6 is 11.6 Å². The molecule has 10 heteroatoms. The van der Waals surface area contributed by atoms with Crippen molar-refractivity contribution in [3.8, 4) is 0 Å². The normalized spacial score (nSPS) is 23.4. The number of sulfonamides is 1. The van der Waals surface area contributed by atoms with E-state index >= 15 is 0 Å². The molecule has 2 aliphatic rings. The van der Waals surface area contributed by atoms with E-state index in [1.807, 2.05) is 6.08 Å². The molecule has 0 saturated carbocycles. The number of hydrogen-bond donors (Lipinski definition) is 0. The van der Waals surface area contributed by atoms with Gasteiger partial charge < -0.3 is 4.74 Å². The quantitative estimate of drug-likeness (QED) is 0.135. The van der Waals surface area contributed by atoms with Crippen LogP contribution in [0.5, 0.6) is 0 Å². The van der Waals surface area contributed by atoms with Crippen molar-refractivity contribution in [3.63, 3.8) is 0 Å². The second kappa shape index (κ2) is 13.8. The maximum absolute atomic E-state index is 13.5. The highest BCUT2D eigenvalue weighted by molar-refractivity contribution is 7.93. The topological polar surface area (TPSA) is 63.7 Å². The van der Waals surface area contributed by atoms with Crippen LogP contribution in [0.3, 0.4) is 0 Å². The molecule has 0 aromatic carbocycles. The van der Waals surface area contributed by atoms with E-state index in [0.29, 0.717) is 51.5 Å². The number of rotatable bonds is 13. The Kier molecular flexibility index (Phi) is 11.7. The molecule has 2 rings (SSSR count). The van der Waals surface area contributed by atoms with Crippen molar-refractivity contribution >= 4 is 27.6 Å². The molecule has 0 N–H and O–H groups in total. The van der Waals surface area contributed by atoms with Crippen LogP contribution in [0.1, 0.15) is 64.7 Å². The van der Waals surface area contributed by atoms with Crippen LogP contribution < -0.4 is 0 Å². The first-order chi connectivity index (χ1) is 17.3. The van der Waals surface area contributed by atoms with Gasteiger partial charge in [0, 0.05) is 29.6 Å². The molecule has 1 aliphatic carbocycles. The molecule has 0 aromatic heterocycles. The van der Waals surface area contributed by atoms with Crippen molar-refractivity contribution < 1.29 is 31.1 Å². The fourth-order valence-corrected chi connectivity index (χ4v) is 7.01. The van der Waals surface area contributed by atoms with E-state index in [2.05, 4.69) is 13.2 Å². The molecule has 208 valence electrons. The summed E-state index contributed by atoms with van der Waals surface area (Å²) in [5, 5.41) is 0.719. The van der Waals surface area contributed by atoms with Gasteiger partial charge in [-0.25, -0.2) is 8.42 Å². The monoisotopic (exact) mass is 563 g/mol. The molecule has 3 unspecified atom stereocenters. The maximum Gasteiger partial charge on any atom is 0.412 e. The van der Waals surface area contributed by atoms with Gasteiger partial charge in [0.2, 0.25) is 10.0 Å². The number of carbonyl (C=O) groups is 1. The Morgan fingerprint density at radius 1 is 1.27 bits per heavy atom. The summed E-state index contributed by atoms with van der Waals surface area (Å²) in [4.78, 5) is 11.9. The van der Waals surface area contributed by atoms with Crippen LogP contribution in [0, 0.1) is 11.8 Å². The van der Waals surface area contributed by atoms with E-state index in [1.165, 1.54) is 7.11 Å². The van der Waals surface area contributed by atoms with Crippen molar-refractivity contribution in [3.05, 3.63) is 58.5 Å². The van der Waals surface area contributed by atoms with Crippen LogP contribution in [-0.2, 0) is 19.6 Å². The molecule has 0 amide bonds. The van der Waals surface area contributed by atoms with E-state index < -0.39 is 21.8 Å². The minimum Gasteiger partial charge on any atom is -0.469 e. The third kappa shape index (κ3) is 8.86. The van der Waals surface area contributed by atoms with Gasteiger partial charge in [0.1, 0.15) is 0 Å². The Bertz CT molecular complexity index is 1050. The first-order valence-electron chi connectivity index (χ1n) is 12.5. The second-order valence-corrected chi connectivity index (χ2v) is 12.2. The Labute approximate surface area is 223 Å². The molecule has 0 spiro atoms. The van der Waals surface area contributed by atoms with Crippen molar-refractivity contribution in [1.29, 1.82) is 0 Å². The van der Waals surface area contributed by atoms with Crippen LogP contribution in [-0.4, -0.2) is 44.6 Å². The third-order valence-corrected chi connectivity index (χ3v) is 9.47. The number of methoxy groups -OCH3 is 1. The van der Waals surface area contributed by atoms with E-state index in [1.54, 1.807) is 17.3 Å². The van der Waals surface area contributed by atoms with Crippen LogP contribution in [0.25, 0.3) is 0 Å². The zero-order valence-corrected chi connectivity index (χ0v) is 23.1. The lowest BCUT2D eigenvalue weighted by molar-refractivity contribution is -0.141. The van der Waals surface area contributed by atoms with Crippen LogP contribution in [0.15, 0.2) is 58.5 Å². The molecule has 5 nitrogen and oxygen atoms in total. The second-order valence-electron chi connectivity index (χ2n) is 9.65. The number of ether oxygens (including phenoxy) is 1. The summed E-state index contributed by atoms with van der Waals surface area (Å²) in [6, 6.07) is -0.208. The third-order valence-electron chi connectivity index (χ3n) is 7.15. The van der Waals surface area contributed by atoms with Gasteiger partial charge in [0.05, 0.1) is 12.0 Å². The molecule has 1 fully saturated rings. The molecule has 1 aliphatic heterocycles. The number of halogens is 4. The van der Waals surface area contributed by atoms with E-state index in [-0.39, 0.29) is 41.6 Å². The summed E-state index contributed by atoms with van der Waals surface area (Å²) in [6.07, 6.45) is 4.67. The van der Waals surface area contributed by atoms with E-state index in [4.69, 9.17) is 16.3 Å². The van der Waals surface area contributed by atoms with Gasteiger partial charge in [-0.15, -0.1) is 0 Å². The van der Waals surface area contributed by atoms with Crippen molar-refractivity contribution in [2.75, 3.05) is 13.7 Å². The van der Waals surface area contributed by atoms with Gasteiger partial charge in [0.25, 0.3) is 0 Å². The molecule has 1 heterocycles. The molecule has 0 bridgehead atoms. The zero-order valence-electron chi connectivity index (χ0n) is 21.5. The molecule has 37 heavy (non-hydrogen) atoms. The number of alkyl halides is 3. The Hall–Kier alpha value is -1.84. The molecule has 3 atom stereocenters. The average molecular weight is 564 g/mol. The van der Waals surface area contributed by atoms with E-state index in [0.717, 1.165) is 22.8 Å². The first kappa shape index (κ1) is 31.4. The highest BCUT2D eigenvalue weighted by Crippen LogP contribution is 2.44. The standard InChI is InChI=1S/C27H37ClF3NO4S/c1-5-8-22(27(29,30)31)12-7-10-19(2)9-6-11-20(3)37(34,35)32-18-21(13-16-26(33)36-4)24-17-23(28)14-15-25(24)32/h5,8,11,14,21,24-25H,1-2,6-7,9-10,12-13,15-18H2,3-4H3/b20-11+,22-8+. The number of esters is 1. The fourth-order valence-electron chi connectivity index (χ4n) is 5.05. The maximum atomic E-state index is 13.5. The minimum absolute atomic E-state index is 0.00521. The number of carbonyl (C=O) groups excluding carboxylic acids is 1. The van der Waals surface area contributed by atoms with Crippen molar-refractivity contribution in [2.45, 2.75) is 76.9 Å². The Morgan fingerprint density at radius 2 is 1.97 bits per heavy atom. The Morgan fingerprint density at radius 3 is 2.59 bits per heavy atom. The number of nitrogens with zero attached hydrogens (tertiary/aromatic N) is 1. The smallest absolute Gasteiger partial charge is 0.412 e. The van der Waals surface area contributed by atoms with Gasteiger partial charge in [-0.05, 0) is 70.1 Å².